The van der Waals surface area contributed by atoms with E-state index < -0.39 is 0 Å². The molecule has 0 spiro atoms. The molecule has 2 aromatic carbocycles. The minimum atomic E-state index is 0.166. The number of fused-ring (bicyclic) bond motifs is 1. The maximum Gasteiger partial charge on any atom is 0.0952 e. The molecule has 5 heteroatoms. The lowest BCUT2D eigenvalue weighted by atomic mass is 9.99. The summed E-state index contributed by atoms with van der Waals surface area (Å²) >= 11 is 9.70. The molecule has 0 fully saturated rings. The second kappa shape index (κ2) is 7.53. The Morgan fingerprint density at radius 3 is 2.59 bits per heavy atom. The number of hydrogen-bond acceptors (Lipinski definition) is 1. The molecule has 0 aliphatic carbocycles. The molecule has 1 unspecified atom stereocenters. The molecule has 3 nitrogen and oxygen atoms in total. The van der Waals surface area contributed by atoms with E-state index >= 15 is 0 Å². The molecule has 0 N–H and O–H groups in total. The van der Waals surface area contributed by atoms with Crippen LogP contribution in [0.1, 0.15) is 29.8 Å². The summed E-state index contributed by atoms with van der Waals surface area (Å²) in [5.41, 5.74) is 5.18. The summed E-state index contributed by atoms with van der Waals surface area (Å²) in [6, 6.07) is 14.8. The average molecular weight is 443 g/mol. The number of benzene rings is 2. The summed E-state index contributed by atoms with van der Waals surface area (Å²) in [6.07, 6.45) is 6.69. The van der Waals surface area contributed by atoms with E-state index in [1.165, 1.54) is 27.7 Å². The van der Waals surface area contributed by atoms with Gasteiger partial charge in [-0.15, -0.1) is 0 Å². The Balaban J connectivity index is 1.90. The van der Waals surface area contributed by atoms with Crippen molar-refractivity contribution in [2.45, 2.75) is 32.9 Å². The monoisotopic (exact) mass is 441 g/mol. The highest BCUT2D eigenvalue weighted by atomic mass is 79.9. The van der Waals surface area contributed by atoms with Crippen LogP contribution in [0.25, 0.3) is 10.9 Å². The minimum absolute atomic E-state index is 0.166. The largest absolute Gasteiger partial charge is 0.343 e. The van der Waals surface area contributed by atoms with Crippen molar-refractivity contribution in [3.63, 3.8) is 0 Å². The van der Waals surface area contributed by atoms with Crippen LogP contribution in [0.15, 0.2) is 65.7 Å². The van der Waals surface area contributed by atoms with Crippen LogP contribution >= 0.6 is 27.5 Å². The Labute approximate surface area is 172 Å². The highest BCUT2D eigenvalue weighted by Crippen LogP contribution is 2.35. The Morgan fingerprint density at radius 2 is 1.93 bits per heavy atom. The average Bonchev–Trinajstić information content (AvgIpc) is 3.28. The van der Waals surface area contributed by atoms with Crippen molar-refractivity contribution in [2.75, 3.05) is 0 Å². The first-order valence-corrected chi connectivity index (χ1v) is 10.3. The van der Waals surface area contributed by atoms with E-state index in [1.54, 1.807) is 0 Å². The lowest BCUT2D eigenvalue weighted by Crippen LogP contribution is -2.17. The second-order valence-electron chi connectivity index (χ2n) is 6.77. The fourth-order valence-corrected chi connectivity index (χ4v) is 4.41. The van der Waals surface area contributed by atoms with Crippen LogP contribution in [0.2, 0.25) is 5.02 Å². The van der Waals surface area contributed by atoms with Gasteiger partial charge in [-0.05, 0) is 61.7 Å². The highest BCUT2D eigenvalue weighted by molar-refractivity contribution is 9.10. The molecule has 0 saturated heterocycles. The zero-order valence-electron chi connectivity index (χ0n) is 15.4. The predicted octanol–water partition coefficient (Wildman–Crippen LogP) is 6.41. The molecule has 4 rings (SSSR count). The van der Waals surface area contributed by atoms with Gasteiger partial charge in [-0.3, -0.25) is 0 Å². The van der Waals surface area contributed by atoms with Gasteiger partial charge >= 0.3 is 0 Å². The van der Waals surface area contributed by atoms with Crippen molar-refractivity contribution < 1.29 is 0 Å². The van der Waals surface area contributed by atoms with Gasteiger partial charge < -0.3 is 9.13 Å². The topological polar surface area (TPSA) is 22.8 Å². The first-order valence-electron chi connectivity index (χ1n) is 9.08. The van der Waals surface area contributed by atoms with Gasteiger partial charge in [-0.25, -0.2) is 4.98 Å². The van der Waals surface area contributed by atoms with Gasteiger partial charge in [-0.1, -0.05) is 39.7 Å². The van der Waals surface area contributed by atoms with Crippen LogP contribution in [0.5, 0.6) is 0 Å². The van der Waals surface area contributed by atoms with Crippen molar-refractivity contribution in [3.05, 3.63) is 87.5 Å². The molecule has 0 amide bonds. The van der Waals surface area contributed by atoms with E-state index in [1.807, 2.05) is 30.9 Å². The molecule has 0 bridgehead atoms. The smallest absolute Gasteiger partial charge is 0.0952 e. The quantitative estimate of drug-likeness (QED) is 0.350. The lowest BCUT2D eigenvalue weighted by Gasteiger charge is -2.22. The summed E-state index contributed by atoms with van der Waals surface area (Å²) in [4.78, 5) is 4.30. The third kappa shape index (κ3) is 3.44. The van der Waals surface area contributed by atoms with Gasteiger partial charge in [0.05, 0.1) is 12.4 Å². The van der Waals surface area contributed by atoms with Crippen molar-refractivity contribution in [1.29, 1.82) is 0 Å². The molecule has 138 valence electrons. The number of aromatic nitrogens is 3. The lowest BCUT2D eigenvalue weighted by molar-refractivity contribution is 0.533. The van der Waals surface area contributed by atoms with Gasteiger partial charge in [-0.2, -0.15) is 0 Å². The van der Waals surface area contributed by atoms with E-state index in [9.17, 15) is 0 Å². The van der Waals surface area contributed by atoms with Gasteiger partial charge in [0.1, 0.15) is 0 Å². The van der Waals surface area contributed by atoms with Crippen molar-refractivity contribution in [3.8, 4) is 0 Å². The van der Waals surface area contributed by atoms with Crippen LogP contribution in [-0.4, -0.2) is 14.1 Å². The van der Waals surface area contributed by atoms with E-state index in [4.69, 9.17) is 11.6 Å². The molecule has 0 aliphatic rings. The zero-order valence-corrected chi connectivity index (χ0v) is 17.7. The number of imidazole rings is 1. The van der Waals surface area contributed by atoms with E-state index in [2.05, 4.69) is 74.2 Å². The zero-order chi connectivity index (χ0) is 19.0. The molecule has 2 aromatic heterocycles. The standard InChI is InChI=1S/C22H21BrClN3/c1-3-27-20-9-6-17(23)13-19(20)15(2)22(27)21(26-11-10-25-14-26)12-16-4-7-18(24)8-5-16/h4-11,13-14,21H,3,12H2,1-2H3. The highest BCUT2D eigenvalue weighted by Gasteiger charge is 2.23. The Morgan fingerprint density at radius 1 is 1.15 bits per heavy atom. The molecular weight excluding hydrogens is 422 g/mol. The third-order valence-electron chi connectivity index (χ3n) is 5.19. The minimum Gasteiger partial charge on any atom is -0.343 e. The molecule has 0 radical (unpaired) electrons. The van der Waals surface area contributed by atoms with Crippen LogP contribution in [0.3, 0.4) is 0 Å². The SMILES string of the molecule is CCn1c(C(Cc2ccc(Cl)cc2)n2ccnc2)c(C)c2cc(Br)ccc21. The Hall–Kier alpha value is -2.04. The fraction of sp³-hybridized carbons (Fsp3) is 0.227. The maximum atomic E-state index is 6.08. The molecule has 1 atom stereocenters. The Kier molecular flexibility index (Phi) is 5.11. The number of rotatable bonds is 5. The Bertz CT molecular complexity index is 1070. The fourth-order valence-electron chi connectivity index (χ4n) is 3.93. The molecule has 0 saturated carbocycles. The molecular formula is C22H21BrClN3. The van der Waals surface area contributed by atoms with Crippen molar-refractivity contribution in [1.82, 2.24) is 14.1 Å². The van der Waals surface area contributed by atoms with E-state index in [0.29, 0.717) is 0 Å². The first kappa shape index (κ1) is 18.3. The van der Waals surface area contributed by atoms with Gasteiger partial charge in [0.25, 0.3) is 0 Å². The summed E-state index contributed by atoms with van der Waals surface area (Å²) in [6.45, 7) is 5.35. The number of halogens is 2. The number of aryl methyl sites for hydroxylation is 2. The van der Waals surface area contributed by atoms with Gasteiger partial charge in [0, 0.05) is 45.0 Å². The van der Waals surface area contributed by atoms with Crippen molar-refractivity contribution in [2.24, 2.45) is 0 Å². The summed E-state index contributed by atoms with van der Waals surface area (Å²) in [5.74, 6) is 0. The van der Waals surface area contributed by atoms with Crippen molar-refractivity contribution >= 4 is 38.4 Å². The molecule has 27 heavy (non-hydrogen) atoms. The van der Waals surface area contributed by atoms with Crippen LogP contribution in [0.4, 0.5) is 0 Å². The number of nitrogens with zero attached hydrogens (tertiary/aromatic N) is 3. The molecule has 0 aliphatic heterocycles. The molecule has 2 heterocycles. The second-order valence-corrected chi connectivity index (χ2v) is 8.12. The van der Waals surface area contributed by atoms with E-state index in [0.717, 1.165) is 22.5 Å². The van der Waals surface area contributed by atoms with Gasteiger partial charge in [0.2, 0.25) is 0 Å². The predicted molar refractivity (Wildman–Crippen MR) is 116 cm³/mol. The van der Waals surface area contributed by atoms with Crippen LogP contribution in [-0.2, 0) is 13.0 Å². The summed E-state index contributed by atoms with van der Waals surface area (Å²) in [5, 5.41) is 2.06. The van der Waals surface area contributed by atoms with Crippen LogP contribution < -0.4 is 0 Å². The first-order chi connectivity index (χ1) is 13.1. The summed E-state index contributed by atoms with van der Waals surface area (Å²) in [7, 11) is 0. The summed E-state index contributed by atoms with van der Waals surface area (Å²) < 4.78 is 5.74. The normalized spacial score (nSPS) is 12.6. The maximum absolute atomic E-state index is 6.08. The molecule has 4 aromatic rings. The number of hydrogen-bond donors (Lipinski definition) is 0. The third-order valence-corrected chi connectivity index (χ3v) is 5.93. The van der Waals surface area contributed by atoms with Gasteiger partial charge in [0.15, 0.2) is 0 Å². The van der Waals surface area contributed by atoms with Crippen LogP contribution in [0, 0.1) is 6.92 Å². The van der Waals surface area contributed by atoms with E-state index in [-0.39, 0.29) is 6.04 Å².